The number of benzene rings is 1. The Labute approximate surface area is 140 Å². The molecule has 0 bridgehead atoms. The molecule has 3 nitrogen and oxygen atoms in total. The van der Waals surface area contributed by atoms with Crippen LogP contribution in [0.1, 0.15) is 18.4 Å². The first kappa shape index (κ1) is 16.2. The second-order valence-corrected chi connectivity index (χ2v) is 6.69. The van der Waals surface area contributed by atoms with Crippen molar-refractivity contribution in [1.29, 1.82) is 0 Å². The average molecular weight is 335 g/mol. The number of aliphatic hydroxyl groups excluding tert-OH is 1. The monoisotopic (exact) mass is 334 g/mol. The summed E-state index contributed by atoms with van der Waals surface area (Å²) in [5.74, 6) is -0.395. The fraction of sp³-hybridized carbons (Fsp3) is 0.389. The zero-order valence-electron chi connectivity index (χ0n) is 12.9. The van der Waals surface area contributed by atoms with Crippen molar-refractivity contribution in [3.63, 3.8) is 0 Å². The Balaban J connectivity index is 1.69. The van der Waals surface area contributed by atoms with Crippen molar-refractivity contribution in [1.82, 2.24) is 4.98 Å². The van der Waals surface area contributed by atoms with Crippen LogP contribution in [-0.4, -0.2) is 29.8 Å². The molecule has 5 heteroatoms. The summed E-state index contributed by atoms with van der Waals surface area (Å²) < 4.78 is 13.3. The Bertz CT molecular complexity index is 657. The van der Waals surface area contributed by atoms with Gasteiger partial charge < -0.3 is 10.0 Å². The Morgan fingerprint density at radius 3 is 2.65 bits per heavy atom. The molecule has 0 unspecified atom stereocenters. The lowest BCUT2D eigenvalue weighted by Gasteiger charge is -2.42. The molecule has 1 aliphatic heterocycles. The molecule has 0 spiro atoms. The summed E-state index contributed by atoms with van der Waals surface area (Å²) in [5, 5.41) is 10.1. The maximum absolute atomic E-state index is 13.3. The molecule has 1 N–H and O–H groups in total. The highest BCUT2D eigenvalue weighted by atomic mass is 35.5. The van der Waals surface area contributed by atoms with Crippen LogP contribution in [0, 0.1) is 11.2 Å². The van der Waals surface area contributed by atoms with Crippen LogP contribution < -0.4 is 4.90 Å². The molecular weight excluding hydrogens is 315 g/mol. The van der Waals surface area contributed by atoms with E-state index in [1.165, 1.54) is 6.07 Å². The van der Waals surface area contributed by atoms with Crippen LogP contribution in [0.25, 0.3) is 0 Å². The Morgan fingerprint density at radius 1 is 1.26 bits per heavy atom. The van der Waals surface area contributed by atoms with Gasteiger partial charge in [-0.05, 0) is 49.1 Å². The van der Waals surface area contributed by atoms with Crippen molar-refractivity contribution in [2.75, 3.05) is 24.6 Å². The van der Waals surface area contributed by atoms with Crippen molar-refractivity contribution in [3.05, 3.63) is 59.1 Å². The molecule has 0 amide bonds. The van der Waals surface area contributed by atoms with E-state index in [2.05, 4.69) is 16.0 Å². The molecule has 0 saturated carbocycles. The first-order chi connectivity index (χ1) is 11.1. The van der Waals surface area contributed by atoms with E-state index in [0.29, 0.717) is 0 Å². The SMILES string of the molecule is OCC1(Cc2cccnc2)CCN(c2ccc(F)c(Cl)c2)CC1. The van der Waals surface area contributed by atoms with Crippen molar-refractivity contribution in [3.8, 4) is 0 Å². The molecule has 122 valence electrons. The van der Waals surface area contributed by atoms with E-state index in [9.17, 15) is 9.50 Å². The number of nitrogens with zero attached hydrogens (tertiary/aromatic N) is 2. The number of aliphatic hydroxyl groups is 1. The van der Waals surface area contributed by atoms with Gasteiger partial charge in [-0.15, -0.1) is 0 Å². The third-order valence-electron chi connectivity index (χ3n) is 4.73. The van der Waals surface area contributed by atoms with Crippen LogP contribution in [0.2, 0.25) is 5.02 Å². The molecule has 1 aliphatic rings. The fourth-order valence-electron chi connectivity index (χ4n) is 3.25. The van der Waals surface area contributed by atoms with Crippen molar-refractivity contribution < 1.29 is 9.50 Å². The lowest BCUT2D eigenvalue weighted by atomic mass is 9.74. The molecule has 1 aromatic carbocycles. The predicted octanol–water partition coefficient (Wildman–Crippen LogP) is 3.70. The fourth-order valence-corrected chi connectivity index (χ4v) is 3.42. The summed E-state index contributed by atoms with van der Waals surface area (Å²) in [6.07, 6.45) is 6.22. The van der Waals surface area contributed by atoms with E-state index in [0.717, 1.165) is 43.6 Å². The molecule has 2 heterocycles. The average Bonchev–Trinajstić information content (AvgIpc) is 2.59. The van der Waals surface area contributed by atoms with Crippen LogP contribution in [0.15, 0.2) is 42.7 Å². The molecule has 0 aliphatic carbocycles. The maximum Gasteiger partial charge on any atom is 0.141 e. The minimum atomic E-state index is -0.395. The topological polar surface area (TPSA) is 36.4 Å². The number of halogens is 2. The molecule has 0 radical (unpaired) electrons. The summed E-state index contributed by atoms with van der Waals surface area (Å²) in [6.45, 7) is 1.81. The molecule has 0 atom stereocenters. The molecule has 1 saturated heterocycles. The zero-order chi connectivity index (χ0) is 16.3. The van der Waals surface area contributed by atoms with Crippen molar-refractivity contribution in [2.24, 2.45) is 5.41 Å². The van der Waals surface area contributed by atoms with Crippen LogP contribution in [-0.2, 0) is 6.42 Å². The Kier molecular flexibility index (Phi) is 4.83. The van der Waals surface area contributed by atoms with E-state index in [4.69, 9.17) is 11.6 Å². The second kappa shape index (κ2) is 6.85. The maximum atomic E-state index is 13.3. The van der Waals surface area contributed by atoms with Gasteiger partial charge in [0.1, 0.15) is 5.82 Å². The van der Waals surface area contributed by atoms with Gasteiger partial charge in [-0.1, -0.05) is 17.7 Å². The van der Waals surface area contributed by atoms with Gasteiger partial charge in [-0.2, -0.15) is 0 Å². The molecular formula is C18H20ClFN2O. The minimum absolute atomic E-state index is 0.108. The van der Waals surface area contributed by atoms with Gasteiger partial charge in [0.05, 0.1) is 5.02 Å². The van der Waals surface area contributed by atoms with E-state index in [-0.39, 0.29) is 17.0 Å². The van der Waals surface area contributed by atoms with Gasteiger partial charge in [0, 0.05) is 43.2 Å². The van der Waals surface area contributed by atoms with Gasteiger partial charge in [0.15, 0.2) is 0 Å². The molecule has 3 rings (SSSR count). The van der Waals surface area contributed by atoms with E-state index < -0.39 is 5.82 Å². The highest BCUT2D eigenvalue weighted by Gasteiger charge is 2.34. The first-order valence-corrected chi connectivity index (χ1v) is 8.19. The Morgan fingerprint density at radius 2 is 2.04 bits per heavy atom. The van der Waals surface area contributed by atoms with Crippen LogP contribution in [0.4, 0.5) is 10.1 Å². The first-order valence-electron chi connectivity index (χ1n) is 7.82. The predicted molar refractivity (Wildman–Crippen MR) is 90.3 cm³/mol. The van der Waals surface area contributed by atoms with E-state index in [1.807, 2.05) is 12.3 Å². The largest absolute Gasteiger partial charge is 0.396 e. The summed E-state index contributed by atoms with van der Waals surface area (Å²) >= 11 is 5.88. The number of aromatic nitrogens is 1. The van der Waals surface area contributed by atoms with Crippen LogP contribution in [0.5, 0.6) is 0 Å². The van der Waals surface area contributed by atoms with Gasteiger partial charge in [0.25, 0.3) is 0 Å². The summed E-state index contributed by atoms with van der Waals surface area (Å²) in [6, 6.07) is 8.81. The summed E-state index contributed by atoms with van der Waals surface area (Å²) in [4.78, 5) is 6.35. The van der Waals surface area contributed by atoms with E-state index >= 15 is 0 Å². The normalized spacial score (nSPS) is 17.3. The van der Waals surface area contributed by atoms with Gasteiger partial charge >= 0.3 is 0 Å². The molecule has 1 aromatic heterocycles. The van der Waals surface area contributed by atoms with Gasteiger partial charge in [-0.3, -0.25) is 4.98 Å². The zero-order valence-corrected chi connectivity index (χ0v) is 13.6. The van der Waals surface area contributed by atoms with Gasteiger partial charge in [-0.25, -0.2) is 4.39 Å². The Hall–Kier alpha value is -1.65. The number of pyridine rings is 1. The lowest BCUT2D eigenvalue weighted by Crippen LogP contribution is -2.43. The highest BCUT2D eigenvalue weighted by Crippen LogP contribution is 2.36. The molecule has 1 fully saturated rings. The third-order valence-corrected chi connectivity index (χ3v) is 5.02. The number of rotatable bonds is 4. The second-order valence-electron chi connectivity index (χ2n) is 6.28. The number of anilines is 1. The van der Waals surface area contributed by atoms with E-state index in [1.54, 1.807) is 18.3 Å². The number of hydrogen-bond acceptors (Lipinski definition) is 3. The third kappa shape index (κ3) is 3.65. The number of hydrogen-bond donors (Lipinski definition) is 1. The highest BCUT2D eigenvalue weighted by molar-refractivity contribution is 6.31. The summed E-state index contributed by atoms with van der Waals surface area (Å²) in [5.41, 5.74) is 1.98. The standard InChI is InChI=1S/C18H20ClFN2O/c19-16-10-15(3-4-17(16)20)22-8-5-18(13-23,6-9-22)11-14-2-1-7-21-12-14/h1-4,7,10,12,23H,5-6,8-9,11,13H2. The lowest BCUT2D eigenvalue weighted by molar-refractivity contribution is 0.0962. The molecule has 2 aromatic rings. The summed E-state index contributed by atoms with van der Waals surface area (Å²) in [7, 11) is 0. The van der Waals surface area contributed by atoms with Crippen LogP contribution in [0.3, 0.4) is 0 Å². The quantitative estimate of drug-likeness (QED) is 0.926. The number of piperidine rings is 1. The van der Waals surface area contributed by atoms with Crippen molar-refractivity contribution in [2.45, 2.75) is 19.3 Å². The smallest absolute Gasteiger partial charge is 0.141 e. The minimum Gasteiger partial charge on any atom is -0.396 e. The molecule has 23 heavy (non-hydrogen) atoms. The van der Waals surface area contributed by atoms with Crippen LogP contribution >= 0.6 is 11.6 Å². The van der Waals surface area contributed by atoms with Gasteiger partial charge in [0.2, 0.25) is 0 Å². The van der Waals surface area contributed by atoms with Crippen molar-refractivity contribution >= 4 is 17.3 Å².